The second kappa shape index (κ2) is 5.53. The Hall–Kier alpha value is -2.04. The van der Waals surface area contributed by atoms with Crippen molar-refractivity contribution < 1.29 is 4.74 Å². The van der Waals surface area contributed by atoms with Gasteiger partial charge in [-0.2, -0.15) is 0 Å². The molecule has 0 aliphatic rings. The molecule has 0 amide bonds. The van der Waals surface area contributed by atoms with Crippen LogP contribution in [0.1, 0.15) is 5.82 Å². The van der Waals surface area contributed by atoms with Gasteiger partial charge in [0.1, 0.15) is 11.8 Å². The first-order valence-corrected chi connectivity index (χ1v) is 6.51. The SMILES string of the molecule is COCc1nc(Cl)cc(-c2cnc3ccccc3c2)n1. The molecule has 2 heterocycles. The zero-order valence-electron chi connectivity index (χ0n) is 10.9. The standard InChI is InChI=1S/C15H12ClN3O/c1-20-9-15-18-13(7-14(16)19-15)11-6-10-4-2-3-5-12(10)17-8-11/h2-8H,9H2,1H3. The quantitative estimate of drug-likeness (QED) is 0.691. The summed E-state index contributed by atoms with van der Waals surface area (Å²) in [5, 5.41) is 1.46. The zero-order chi connectivity index (χ0) is 13.9. The lowest BCUT2D eigenvalue weighted by atomic mass is 10.1. The Bertz CT molecular complexity index is 761. The molecule has 1 aromatic carbocycles. The van der Waals surface area contributed by atoms with Crippen LogP contribution in [0.25, 0.3) is 22.2 Å². The third kappa shape index (κ3) is 2.61. The summed E-state index contributed by atoms with van der Waals surface area (Å²) in [5.74, 6) is 0.558. The van der Waals surface area contributed by atoms with E-state index in [1.165, 1.54) is 0 Å². The van der Waals surface area contributed by atoms with Gasteiger partial charge in [0.2, 0.25) is 0 Å². The fourth-order valence-electron chi connectivity index (χ4n) is 2.02. The lowest BCUT2D eigenvalue weighted by Crippen LogP contribution is -1.99. The molecule has 0 fully saturated rings. The summed E-state index contributed by atoms with van der Waals surface area (Å²) in [6.07, 6.45) is 1.79. The van der Waals surface area contributed by atoms with Crippen LogP contribution in [-0.2, 0) is 11.3 Å². The minimum Gasteiger partial charge on any atom is -0.377 e. The smallest absolute Gasteiger partial charge is 0.156 e. The first-order chi connectivity index (χ1) is 9.76. The normalized spacial score (nSPS) is 10.9. The Morgan fingerprint density at radius 1 is 1.15 bits per heavy atom. The molecule has 3 rings (SSSR count). The molecule has 0 bridgehead atoms. The highest BCUT2D eigenvalue weighted by atomic mass is 35.5. The highest BCUT2D eigenvalue weighted by molar-refractivity contribution is 6.29. The van der Waals surface area contributed by atoms with Crippen molar-refractivity contribution in [2.45, 2.75) is 6.61 Å². The van der Waals surface area contributed by atoms with Crippen LogP contribution in [0.3, 0.4) is 0 Å². The van der Waals surface area contributed by atoms with Crippen LogP contribution in [0, 0.1) is 0 Å². The summed E-state index contributed by atoms with van der Waals surface area (Å²) in [6, 6.07) is 11.7. The van der Waals surface area contributed by atoms with Crippen molar-refractivity contribution in [3.63, 3.8) is 0 Å². The third-order valence-electron chi connectivity index (χ3n) is 2.90. The molecule has 0 aliphatic heterocycles. The number of hydrogen-bond donors (Lipinski definition) is 0. The van der Waals surface area contributed by atoms with Crippen LogP contribution in [-0.4, -0.2) is 22.1 Å². The van der Waals surface area contributed by atoms with Gasteiger partial charge in [-0.1, -0.05) is 29.8 Å². The Kier molecular flexibility index (Phi) is 3.58. The Morgan fingerprint density at radius 3 is 2.85 bits per heavy atom. The maximum Gasteiger partial charge on any atom is 0.156 e. The number of para-hydroxylation sites is 1. The molecule has 100 valence electrons. The Morgan fingerprint density at radius 2 is 2.00 bits per heavy atom. The number of hydrogen-bond acceptors (Lipinski definition) is 4. The van der Waals surface area contributed by atoms with Crippen molar-refractivity contribution in [1.29, 1.82) is 0 Å². The number of halogens is 1. The van der Waals surface area contributed by atoms with E-state index in [0.29, 0.717) is 17.6 Å². The van der Waals surface area contributed by atoms with E-state index in [9.17, 15) is 0 Å². The van der Waals surface area contributed by atoms with Gasteiger partial charge in [-0.05, 0) is 12.1 Å². The molecule has 0 N–H and O–H groups in total. The van der Waals surface area contributed by atoms with Gasteiger partial charge in [-0.3, -0.25) is 4.98 Å². The van der Waals surface area contributed by atoms with E-state index in [0.717, 1.165) is 22.2 Å². The first-order valence-electron chi connectivity index (χ1n) is 6.14. The second-order valence-corrected chi connectivity index (χ2v) is 4.73. The summed E-state index contributed by atoms with van der Waals surface area (Å²) in [6.45, 7) is 0.328. The largest absolute Gasteiger partial charge is 0.377 e. The van der Waals surface area contributed by atoms with Gasteiger partial charge in [0, 0.05) is 30.3 Å². The number of ether oxygens (including phenoxy) is 1. The third-order valence-corrected chi connectivity index (χ3v) is 3.09. The van der Waals surface area contributed by atoms with E-state index < -0.39 is 0 Å². The Labute approximate surface area is 121 Å². The van der Waals surface area contributed by atoms with Crippen molar-refractivity contribution in [3.05, 3.63) is 53.6 Å². The maximum absolute atomic E-state index is 6.03. The molecule has 3 aromatic rings. The van der Waals surface area contributed by atoms with E-state index in [1.54, 1.807) is 19.4 Å². The summed E-state index contributed by atoms with van der Waals surface area (Å²) in [4.78, 5) is 13.0. The lowest BCUT2D eigenvalue weighted by Gasteiger charge is -2.05. The van der Waals surface area contributed by atoms with Crippen molar-refractivity contribution in [2.75, 3.05) is 7.11 Å². The highest BCUT2D eigenvalue weighted by Crippen LogP contribution is 2.23. The monoisotopic (exact) mass is 285 g/mol. The zero-order valence-corrected chi connectivity index (χ0v) is 11.6. The summed E-state index contributed by atoms with van der Waals surface area (Å²) < 4.78 is 5.04. The molecule has 0 saturated carbocycles. The number of aromatic nitrogens is 3. The van der Waals surface area contributed by atoms with Crippen molar-refractivity contribution in [1.82, 2.24) is 15.0 Å². The fraction of sp³-hybridized carbons (Fsp3) is 0.133. The number of pyridine rings is 1. The molecule has 0 aliphatic carbocycles. The molecule has 0 radical (unpaired) electrons. The van der Waals surface area contributed by atoms with E-state index >= 15 is 0 Å². The number of fused-ring (bicyclic) bond motifs is 1. The number of benzene rings is 1. The van der Waals surface area contributed by atoms with Crippen molar-refractivity contribution in [2.24, 2.45) is 0 Å². The average Bonchev–Trinajstić information content (AvgIpc) is 2.46. The van der Waals surface area contributed by atoms with Crippen molar-refractivity contribution >= 4 is 22.5 Å². The van der Waals surface area contributed by atoms with Gasteiger partial charge in [-0.25, -0.2) is 9.97 Å². The van der Waals surface area contributed by atoms with Crippen LogP contribution < -0.4 is 0 Å². The summed E-state index contributed by atoms with van der Waals surface area (Å²) in [5.41, 5.74) is 2.61. The van der Waals surface area contributed by atoms with Crippen LogP contribution >= 0.6 is 11.6 Å². The van der Waals surface area contributed by atoms with Gasteiger partial charge in [0.25, 0.3) is 0 Å². The molecule has 0 atom stereocenters. The summed E-state index contributed by atoms with van der Waals surface area (Å²) in [7, 11) is 1.60. The average molecular weight is 286 g/mol. The summed E-state index contributed by atoms with van der Waals surface area (Å²) >= 11 is 6.03. The lowest BCUT2D eigenvalue weighted by molar-refractivity contribution is 0.178. The molecule has 0 unspecified atom stereocenters. The minimum atomic E-state index is 0.328. The highest BCUT2D eigenvalue weighted by Gasteiger charge is 2.07. The van der Waals surface area contributed by atoms with E-state index in [1.807, 2.05) is 30.3 Å². The topological polar surface area (TPSA) is 47.9 Å². The van der Waals surface area contributed by atoms with Crippen LogP contribution in [0.5, 0.6) is 0 Å². The Balaban J connectivity index is 2.10. The van der Waals surface area contributed by atoms with Crippen LogP contribution in [0.2, 0.25) is 5.15 Å². The minimum absolute atomic E-state index is 0.328. The van der Waals surface area contributed by atoms with Gasteiger partial charge in [0.05, 0.1) is 11.2 Å². The van der Waals surface area contributed by atoms with Gasteiger partial charge >= 0.3 is 0 Å². The maximum atomic E-state index is 6.03. The van der Waals surface area contributed by atoms with E-state index in [-0.39, 0.29) is 0 Å². The van der Waals surface area contributed by atoms with Gasteiger partial charge < -0.3 is 4.74 Å². The molecule has 2 aromatic heterocycles. The molecule has 20 heavy (non-hydrogen) atoms. The van der Waals surface area contributed by atoms with Crippen LogP contribution in [0.15, 0.2) is 42.6 Å². The number of rotatable bonds is 3. The predicted octanol–water partition coefficient (Wildman–Crippen LogP) is 3.49. The molecule has 5 heteroatoms. The van der Waals surface area contributed by atoms with Crippen molar-refractivity contribution in [3.8, 4) is 11.3 Å². The molecule has 4 nitrogen and oxygen atoms in total. The predicted molar refractivity (Wildman–Crippen MR) is 78.5 cm³/mol. The fourth-order valence-corrected chi connectivity index (χ4v) is 2.22. The molecule has 0 saturated heterocycles. The molecular weight excluding hydrogens is 274 g/mol. The second-order valence-electron chi connectivity index (χ2n) is 4.34. The van der Waals surface area contributed by atoms with Crippen LogP contribution in [0.4, 0.5) is 0 Å². The number of methoxy groups -OCH3 is 1. The van der Waals surface area contributed by atoms with Gasteiger partial charge in [0.15, 0.2) is 5.82 Å². The van der Waals surface area contributed by atoms with E-state index in [4.69, 9.17) is 16.3 Å². The number of nitrogens with zero attached hydrogens (tertiary/aromatic N) is 3. The molecule has 0 spiro atoms. The van der Waals surface area contributed by atoms with Gasteiger partial charge in [-0.15, -0.1) is 0 Å². The van der Waals surface area contributed by atoms with E-state index in [2.05, 4.69) is 15.0 Å². The molecular formula is C15H12ClN3O. The first kappa shape index (κ1) is 13.0.